The molecule has 0 N–H and O–H groups in total. The van der Waals surface area contributed by atoms with E-state index >= 15 is 0 Å². The molecule has 0 saturated carbocycles. The minimum absolute atomic E-state index is 0. The zero-order chi connectivity index (χ0) is 5.91. The Kier molecular flexibility index (Phi) is 8.75. The summed E-state index contributed by atoms with van der Waals surface area (Å²) in [5.74, 6) is 0. The Labute approximate surface area is 92.9 Å². The predicted molar refractivity (Wildman–Crippen MR) is 28.7 cm³/mol. The van der Waals surface area contributed by atoms with Gasteiger partial charge in [-0.05, 0) is 12.3 Å². The molecule has 0 fully saturated rings. The summed E-state index contributed by atoms with van der Waals surface area (Å²) in [5.41, 5.74) is 0. The Morgan fingerprint density at radius 1 is 1.38 bits per heavy atom. The van der Waals surface area contributed by atoms with Gasteiger partial charge in [-0.25, -0.2) is 0 Å². The smallest absolute Gasteiger partial charge is 0.799 e. The van der Waals surface area contributed by atoms with Gasteiger partial charge in [-0.1, -0.05) is 13.8 Å². The van der Waals surface area contributed by atoms with Gasteiger partial charge in [-0.2, -0.15) is 0 Å². The van der Waals surface area contributed by atoms with Gasteiger partial charge in [-0.3, -0.25) is 0 Å². The monoisotopic (exact) mass is 160 g/mol. The van der Waals surface area contributed by atoms with E-state index in [0.29, 0.717) is 12.3 Å². The molecule has 0 aromatic carbocycles. The fourth-order valence-electron chi connectivity index (χ4n) is 0.224. The molecule has 0 radical (unpaired) electrons. The summed E-state index contributed by atoms with van der Waals surface area (Å²) in [7, 11) is -2.90. The normalized spacial score (nSPS) is 10.4. The Hall–Kier alpha value is 1.83. The first-order chi connectivity index (χ1) is 3.12. The maximum absolute atomic E-state index is 10.4. The second-order valence-electron chi connectivity index (χ2n) is 1.45. The number of hydrogen-bond acceptors (Lipinski definition) is 2. The van der Waals surface area contributed by atoms with Gasteiger partial charge in [0, 0.05) is 7.37 Å². The van der Waals surface area contributed by atoms with Crippen LogP contribution in [0.1, 0.15) is 13.8 Å². The van der Waals surface area contributed by atoms with Crippen LogP contribution in [0.2, 0.25) is 0 Å². The second-order valence-corrected chi connectivity index (χ2v) is 4.34. The van der Waals surface area contributed by atoms with E-state index in [1.54, 1.807) is 13.8 Å². The van der Waals surface area contributed by atoms with Gasteiger partial charge < -0.3 is 9.46 Å². The average molecular weight is 160 g/mol. The summed E-state index contributed by atoms with van der Waals surface area (Å²) < 4.78 is 10.4. The third-order valence-electron chi connectivity index (χ3n) is 0.964. The Morgan fingerprint density at radius 2 is 1.62 bits per heavy atom. The van der Waals surface area contributed by atoms with E-state index in [1.165, 1.54) is 0 Å². The first-order valence-corrected chi connectivity index (χ1v) is 4.41. The molecule has 0 bridgehead atoms. The van der Waals surface area contributed by atoms with Gasteiger partial charge in [0.05, 0.1) is 0 Å². The van der Waals surface area contributed by atoms with Crippen LogP contribution in [0.3, 0.4) is 0 Å². The summed E-state index contributed by atoms with van der Waals surface area (Å²) >= 11 is 0. The van der Waals surface area contributed by atoms with Crippen LogP contribution in [0, 0.1) is 0 Å². The molecule has 0 amide bonds. The molecule has 0 rings (SSSR count). The Bertz CT molecular complexity index is 86.0. The van der Waals surface area contributed by atoms with Crippen LogP contribution < -0.4 is 56.3 Å². The van der Waals surface area contributed by atoms with E-state index in [0.717, 1.165) is 0 Å². The Morgan fingerprint density at radius 3 is 1.62 bits per heavy atom. The van der Waals surface area contributed by atoms with Crippen LogP contribution in [-0.4, -0.2) is 12.3 Å². The molecule has 0 saturated heterocycles. The topological polar surface area (TPSA) is 40.1 Å². The molecule has 0 aliphatic carbocycles. The predicted octanol–water partition coefficient (Wildman–Crippen LogP) is -2.33. The Balaban J connectivity index is 0. The van der Waals surface area contributed by atoms with Crippen molar-refractivity contribution in [1.82, 2.24) is 0 Å². The molecule has 0 aliphatic heterocycles. The maximum Gasteiger partial charge on any atom is 1.00 e. The summed E-state index contributed by atoms with van der Waals surface area (Å²) in [4.78, 5) is 10.4. The molecular formula is C4H10KO2P. The fraction of sp³-hybridized carbons (Fsp3) is 1.00. The minimum atomic E-state index is -2.90. The largest absolute Gasteiger partial charge is 1.00 e. The van der Waals surface area contributed by atoms with Gasteiger partial charge in [-0.15, -0.1) is 0 Å². The molecule has 44 valence electrons. The molecular weight excluding hydrogens is 150 g/mol. The van der Waals surface area contributed by atoms with Gasteiger partial charge in [0.2, 0.25) is 0 Å². The quantitative estimate of drug-likeness (QED) is 0.336. The standard InChI is InChI=1S/C4H11O2P.K/c1-3-7(5,6)4-2;/h3-4H2,1-2H3,(H,5,6);/q;+1/p-1. The third-order valence-corrected chi connectivity index (χ3v) is 2.89. The van der Waals surface area contributed by atoms with Crippen molar-refractivity contribution >= 4 is 7.37 Å². The molecule has 0 atom stereocenters. The first-order valence-electron chi connectivity index (χ1n) is 2.41. The number of rotatable bonds is 2. The van der Waals surface area contributed by atoms with Crippen LogP contribution in [0.5, 0.6) is 0 Å². The summed E-state index contributed by atoms with van der Waals surface area (Å²) in [6.07, 6.45) is 0.590. The van der Waals surface area contributed by atoms with Crippen LogP contribution >= 0.6 is 7.37 Å². The van der Waals surface area contributed by atoms with Crippen molar-refractivity contribution in [3.63, 3.8) is 0 Å². The van der Waals surface area contributed by atoms with Gasteiger partial charge in [0.1, 0.15) is 0 Å². The maximum atomic E-state index is 10.4. The fourth-order valence-corrected chi connectivity index (χ4v) is 0.671. The zero-order valence-corrected chi connectivity index (χ0v) is 9.70. The van der Waals surface area contributed by atoms with Crippen LogP contribution in [0.25, 0.3) is 0 Å². The second kappa shape index (κ2) is 5.60. The van der Waals surface area contributed by atoms with Gasteiger partial charge in [0.25, 0.3) is 0 Å². The molecule has 0 spiro atoms. The van der Waals surface area contributed by atoms with E-state index in [-0.39, 0.29) is 51.4 Å². The average Bonchev–Trinajstić information content (AvgIpc) is 1.68. The van der Waals surface area contributed by atoms with Crippen molar-refractivity contribution < 1.29 is 60.8 Å². The van der Waals surface area contributed by atoms with Crippen molar-refractivity contribution in [2.75, 3.05) is 12.3 Å². The summed E-state index contributed by atoms with van der Waals surface area (Å²) in [6.45, 7) is 3.33. The molecule has 0 aromatic rings. The van der Waals surface area contributed by atoms with Crippen molar-refractivity contribution in [2.24, 2.45) is 0 Å². The van der Waals surface area contributed by atoms with E-state index < -0.39 is 7.37 Å². The SMILES string of the molecule is CCP(=O)([O-])CC.[K+]. The van der Waals surface area contributed by atoms with Crippen LogP contribution in [-0.2, 0) is 4.57 Å². The molecule has 0 aliphatic rings. The van der Waals surface area contributed by atoms with Gasteiger partial charge in [0.15, 0.2) is 0 Å². The van der Waals surface area contributed by atoms with Crippen LogP contribution in [0.4, 0.5) is 0 Å². The van der Waals surface area contributed by atoms with Crippen LogP contribution in [0.15, 0.2) is 0 Å². The summed E-state index contributed by atoms with van der Waals surface area (Å²) in [6, 6.07) is 0. The van der Waals surface area contributed by atoms with E-state index in [9.17, 15) is 9.46 Å². The molecule has 4 heteroatoms. The molecule has 0 unspecified atom stereocenters. The van der Waals surface area contributed by atoms with Crippen molar-refractivity contribution in [3.8, 4) is 0 Å². The first kappa shape index (κ1) is 12.5. The number of hydrogen-bond donors (Lipinski definition) is 0. The molecule has 8 heavy (non-hydrogen) atoms. The van der Waals surface area contributed by atoms with Crippen molar-refractivity contribution in [1.29, 1.82) is 0 Å². The van der Waals surface area contributed by atoms with Crippen molar-refractivity contribution in [3.05, 3.63) is 0 Å². The molecule has 2 nitrogen and oxygen atoms in total. The van der Waals surface area contributed by atoms with Crippen molar-refractivity contribution in [2.45, 2.75) is 13.8 Å². The minimum Gasteiger partial charge on any atom is -0.799 e. The van der Waals surface area contributed by atoms with E-state index in [1.807, 2.05) is 0 Å². The zero-order valence-electron chi connectivity index (χ0n) is 5.68. The van der Waals surface area contributed by atoms with Gasteiger partial charge >= 0.3 is 51.4 Å². The van der Waals surface area contributed by atoms with E-state index in [2.05, 4.69) is 0 Å². The molecule has 0 aromatic heterocycles. The third kappa shape index (κ3) is 5.95. The molecule has 0 heterocycles. The summed E-state index contributed by atoms with van der Waals surface area (Å²) in [5, 5.41) is 0. The van der Waals surface area contributed by atoms with E-state index in [4.69, 9.17) is 0 Å².